The lowest BCUT2D eigenvalue weighted by Crippen LogP contribution is -1.97. The number of phenolic OH excluding ortho intramolecular Hbond substituents is 1. The van der Waals surface area contributed by atoms with Crippen LogP contribution in [0.5, 0.6) is 11.5 Å². The maximum absolute atomic E-state index is 10.4. The maximum Gasteiger partial charge on any atom is 0.303 e. The van der Waals surface area contributed by atoms with Gasteiger partial charge in [-0.3, -0.25) is 4.79 Å². The maximum atomic E-state index is 10.4. The van der Waals surface area contributed by atoms with E-state index in [1.54, 1.807) is 12.1 Å². The number of hydrogen-bond donors (Lipinski definition) is 2. The zero-order chi connectivity index (χ0) is 12.1. The normalized spacial score (nSPS) is 10.1. The van der Waals surface area contributed by atoms with Gasteiger partial charge in [0.25, 0.3) is 0 Å². The highest BCUT2D eigenvalue weighted by atomic mass is 16.5. The number of rotatable bonds is 5. The first-order valence-corrected chi connectivity index (χ1v) is 5.13. The van der Waals surface area contributed by atoms with E-state index in [0.717, 1.165) is 11.1 Å². The van der Waals surface area contributed by atoms with Gasteiger partial charge in [-0.2, -0.15) is 0 Å². The zero-order valence-corrected chi connectivity index (χ0v) is 9.49. The minimum absolute atomic E-state index is 0.0958. The average Bonchev–Trinajstić information content (AvgIpc) is 2.22. The van der Waals surface area contributed by atoms with E-state index in [1.165, 1.54) is 7.11 Å². The molecule has 0 unspecified atom stereocenters. The molecule has 0 heterocycles. The lowest BCUT2D eigenvalue weighted by Gasteiger charge is -2.09. The molecular weight excluding hydrogens is 208 g/mol. The molecule has 0 radical (unpaired) electrons. The summed E-state index contributed by atoms with van der Waals surface area (Å²) in [6.07, 6.45) is 1.36. The van der Waals surface area contributed by atoms with Gasteiger partial charge in [0.1, 0.15) is 0 Å². The molecular formula is C12H16O4. The fourth-order valence-electron chi connectivity index (χ4n) is 1.58. The van der Waals surface area contributed by atoms with E-state index in [4.69, 9.17) is 9.84 Å². The van der Waals surface area contributed by atoms with E-state index >= 15 is 0 Å². The van der Waals surface area contributed by atoms with Gasteiger partial charge >= 0.3 is 5.97 Å². The topological polar surface area (TPSA) is 66.8 Å². The van der Waals surface area contributed by atoms with Gasteiger partial charge < -0.3 is 14.9 Å². The van der Waals surface area contributed by atoms with Crippen LogP contribution in [0.3, 0.4) is 0 Å². The first kappa shape index (κ1) is 12.4. The van der Waals surface area contributed by atoms with Crippen molar-refractivity contribution in [1.82, 2.24) is 0 Å². The van der Waals surface area contributed by atoms with Gasteiger partial charge in [0, 0.05) is 6.42 Å². The molecule has 0 aliphatic rings. The molecule has 0 saturated carbocycles. The van der Waals surface area contributed by atoms with E-state index in [1.807, 2.05) is 6.92 Å². The van der Waals surface area contributed by atoms with Crippen LogP contribution in [-0.4, -0.2) is 23.3 Å². The zero-order valence-electron chi connectivity index (χ0n) is 9.49. The van der Waals surface area contributed by atoms with Crippen LogP contribution >= 0.6 is 0 Å². The van der Waals surface area contributed by atoms with E-state index in [2.05, 4.69) is 0 Å². The number of hydrogen-bond acceptors (Lipinski definition) is 3. The Hall–Kier alpha value is -1.71. The monoisotopic (exact) mass is 224 g/mol. The van der Waals surface area contributed by atoms with Crippen molar-refractivity contribution in [1.29, 1.82) is 0 Å². The Morgan fingerprint density at radius 1 is 1.44 bits per heavy atom. The molecule has 1 rings (SSSR count). The summed E-state index contributed by atoms with van der Waals surface area (Å²) in [6, 6.07) is 3.39. The second-order valence-corrected chi connectivity index (χ2v) is 3.70. The van der Waals surface area contributed by atoms with Crippen LogP contribution in [0, 0.1) is 6.92 Å². The fraction of sp³-hybridized carbons (Fsp3) is 0.417. The Kier molecular flexibility index (Phi) is 4.17. The number of ether oxygens (including phenoxy) is 1. The van der Waals surface area contributed by atoms with Crippen LogP contribution in [0.15, 0.2) is 12.1 Å². The summed E-state index contributed by atoms with van der Waals surface area (Å²) in [6.45, 7) is 1.91. The van der Waals surface area contributed by atoms with Crippen molar-refractivity contribution in [3.05, 3.63) is 23.3 Å². The number of carboxylic acids is 1. The minimum Gasteiger partial charge on any atom is -0.504 e. The number of carbonyl (C=O) groups is 1. The van der Waals surface area contributed by atoms with Crippen LogP contribution < -0.4 is 4.74 Å². The van der Waals surface area contributed by atoms with Crippen LogP contribution in [0.1, 0.15) is 24.0 Å². The van der Waals surface area contributed by atoms with E-state index in [-0.39, 0.29) is 12.2 Å². The van der Waals surface area contributed by atoms with Crippen LogP contribution in [0.4, 0.5) is 0 Å². The van der Waals surface area contributed by atoms with Gasteiger partial charge in [0.05, 0.1) is 7.11 Å². The van der Waals surface area contributed by atoms with Crippen molar-refractivity contribution < 1.29 is 19.7 Å². The number of methoxy groups -OCH3 is 1. The molecule has 4 heteroatoms. The average molecular weight is 224 g/mol. The van der Waals surface area contributed by atoms with Gasteiger partial charge in [-0.25, -0.2) is 0 Å². The molecule has 0 bridgehead atoms. The lowest BCUT2D eigenvalue weighted by atomic mass is 10.0. The summed E-state index contributed by atoms with van der Waals surface area (Å²) < 4.78 is 4.98. The second kappa shape index (κ2) is 5.39. The van der Waals surface area contributed by atoms with E-state index in [0.29, 0.717) is 18.6 Å². The molecule has 0 atom stereocenters. The molecule has 4 nitrogen and oxygen atoms in total. The highest BCUT2D eigenvalue weighted by Gasteiger charge is 2.07. The predicted octanol–water partition coefficient (Wildman–Crippen LogP) is 2.12. The Bertz CT molecular complexity index is 385. The summed E-state index contributed by atoms with van der Waals surface area (Å²) in [5.41, 5.74) is 1.96. The number of carboxylic acid groups (broad SMARTS) is 1. The molecule has 16 heavy (non-hydrogen) atoms. The number of aromatic hydroxyl groups is 1. The van der Waals surface area contributed by atoms with Crippen LogP contribution in [0.25, 0.3) is 0 Å². The number of aryl methyl sites for hydroxylation is 2. The molecule has 0 saturated heterocycles. The molecule has 1 aromatic rings. The van der Waals surface area contributed by atoms with Gasteiger partial charge in [0.2, 0.25) is 0 Å². The SMILES string of the molecule is COc1cc(C)c(CCCC(=O)O)cc1O. The number of benzene rings is 1. The summed E-state index contributed by atoms with van der Waals surface area (Å²) in [4.78, 5) is 10.4. The summed E-state index contributed by atoms with van der Waals surface area (Å²) in [5, 5.41) is 18.1. The number of phenols is 1. The Labute approximate surface area is 94.5 Å². The smallest absolute Gasteiger partial charge is 0.303 e. The number of aliphatic carboxylic acids is 1. The van der Waals surface area contributed by atoms with Crippen molar-refractivity contribution in [2.75, 3.05) is 7.11 Å². The van der Waals surface area contributed by atoms with E-state index in [9.17, 15) is 9.90 Å². The van der Waals surface area contributed by atoms with E-state index < -0.39 is 5.97 Å². The first-order chi connectivity index (χ1) is 7.54. The minimum atomic E-state index is -0.796. The van der Waals surface area contributed by atoms with Gasteiger partial charge in [-0.05, 0) is 43.0 Å². The van der Waals surface area contributed by atoms with Gasteiger partial charge in [-0.1, -0.05) is 0 Å². The Balaban J connectivity index is 2.73. The van der Waals surface area contributed by atoms with Crippen molar-refractivity contribution in [3.63, 3.8) is 0 Å². The molecule has 88 valence electrons. The van der Waals surface area contributed by atoms with Crippen LogP contribution in [-0.2, 0) is 11.2 Å². The highest BCUT2D eigenvalue weighted by molar-refractivity contribution is 5.66. The van der Waals surface area contributed by atoms with Gasteiger partial charge in [-0.15, -0.1) is 0 Å². The quantitative estimate of drug-likeness (QED) is 0.803. The molecule has 0 spiro atoms. The van der Waals surface area contributed by atoms with Crippen molar-refractivity contribution in [2.45, 2.75) is 26.2 Å². The van der Waals surface area contributed by atoms with Crippen molar-refractivity contribution in [2.24, 2.45) is 0 Å². The molecule has 0 aliphatic heterocycles. The Morgan fingerprint density at radius 3 is 2.69 bits per heavy atom. The lowest BCUT2D eigenvalue weighted by molar-refractivity contribution is -0.137. The first-order valence-electron chi connectivity index (χ1n) is 5.13. The van der Waals surface area contributed by atoms with Gasteiger partial charge in [0.15, 0.2) is 11.5 Å². The second-order valence-electron chi connectivity index (χ2n) is 3.70. The third kappa shape index (κ3) is 3.15. The molecule has 0 aliphatic carbocycles. The van der Waals surface area contributed by atoms with Crippen molar-refractivity contribution in [3.8, 4) is 11.5 Å². The Morgan fingerprint density at radius 2 is 2.12 bits per heavy atom. The molecule has 0 fully saturated rings. The molecule has 1 aromatic carbocycles. The molecule has 2 N–H and O–H groups in total. The fourth-order valence-corrected chi connectivity index (χ4v) is 1.58. The summed E-state index contributed by atoms with van der Waals surface area (Å²) >= 11 is 0. The molecule has 0 amide bonds. The predicted molar refractivity (Wildman–Crippen MR) is 60.0 cm³/mol. The summed E-state index contributed by atoms with van der Waals surface area (Å²) in [7, 11) is 1.50. The largest absolute Gasteiger partial charge is 0.504 e. The third-order valence-electron chi connectivity index (χ3n) is 2.47. The van der Waals surface area contributed by atoms with Crippen LogP contribution in [0.2, 0.25) is 0 Å². The third-order valence-corrected chi connectivity index (χ3v) is 2.47. The summed E-state index contributed by atoms with van der Waals surface area (Å²) in [5.74, 6) is -0.256. The standard InChI is InChI=1S/C12H16O4/c1-8-6-11(16-2)10(13)7-9(8)4-3-5-12(14)15/h6-7,13H,3-5H2,1-2H3,(H,14,15). The highest BCUT2D eigenvalue weighted by Crippen LogP contribution is 2.29. The van der Waals surface area contributed by atoms with Crippen molar-refractivity contribution >= 4 is 5.97 Å². The molecule has 0 aromatic heterocycles.